The maximum atomic E-state index is 15.1. The van der Waals surface area contributed by atoms with Crippen LogP contribution in [0.5, 0.6) is 5.75 Å². The number of amides is 1. The quantitative estimate of drug-likeness (QED) is 0.517. The molecule has 0 fully saturated rings. The number of rotatable bonds is 4. The molecule has 1 aliphatic heterocycles. The Bertz CT molecular complexity index is 1380. The van der Waals surface area contributed by atoms with Crippen molar-refractivity contribution < 1.29 is 23.1 Å². The maximum absolute atomic E-state index is 15.1. The summed E-state index contributed by atoms with van der Waals surface area (Å²) < 4.78 is 36.7. The molecule has 5 rings (SSSR count). The molecule has 2 aliphatic rings. The second-order valence-corrected chi connectivity index (χ2v) is 9.14. The molecule has 186 valence electrons. The molecule has 0 bridgehead atoms. The van der Waals surface area contributed by atoms with Gasteiger partial charge in [0.25, 0.3) is 5.91 Å². The van der Waals surface area contributed by atoms with Gasteiger partial charge >= 0.3 is 5.97 Å². The fourth-order valence-electron chi connectivity index (χ4n) is 5.48. The monoisotopic (exact) mass is 493 g/mol. The van der Waals surface area contributed by atoms with Crippen molar-refractivity contribution >= 4 is 11.9 Å². The Kier molecular flexibility index (Phi) is 6.15. The molecule has 7 nitrogen and oxygen atoms in total. The fourth-order valence-corrected chi connectivity index (χ4v) is 5.48. The first-order valence-corrected chi connectivity index (χ1v) is 12.0. The van der Waals surface area contributed by atoms with Gasteiger partial charge in [-0.15, -0.1) is 0 Å². The highest BCUT2D eigenvalue weighted by Gasteiger charge is 2.42. The number of hydrogen-bond acceptors (Lipinski definition) is 5. The lowest BCUT2D eigenvalue weighted by atomic mass is 9.81. The van der Waals surface area contributed by atoms with Gasteiger partial charge in [0, 0.05) is 25.9 Å². The van der Waals surface area contributed by atoms with E-state index in [0.717, 1.165) is 13.1 Å². The van der Waals surface area contributed by atoms with Crippen LogP contribution in [0.1, 0.15) is 65.0 Å². The summed E-state index contributed by atoms with van der Waals surface area (Å²) in [7, 11) is 0. The molecule has 1 unspecified atom stereocenters. The van der Waals surface area contributed by atoms with Crippen molar-refractivity contribution in [1.29, 1.82) is 0 Å². The van der Waals surface area contributed by atoms with Crippen LogP contribution in [-0.4, -0.2) is 39.6 Å². The number of benzene rings is 2. The van der Waals surface area contributed by atoms with E-state index in [4.69, 9.17) is 4.74 Å². The summed E-state index contributed by atoms with van der Waals surface area (Å²) >= 11 is 0. The first-order chi connectivity index (χ1) is 17.3. The average molecular weight is 494 g/mol. The zero-order chi connectivity index (χ0) is 25.6. The highest BCUT2D eigenvalue weighted by Crippen LogP contribution is 2.44. The lowest BCUT2D eigenvalue weighted by molar-refractivity contribution is -0.132. The van der Waals surface area contributed by atoms with Gasteiger partial charge in [0.15, 0.2) is 5.69 Å². The molecule has 1 aromatic heterocycles. The number of carbonyl (C=O) groups is 2. The molecule has 1 aliphatic carbocycles. The molecule has 2 heterocycles. The number of esters is 1. The normalized spacial score (nSPS) is 17.2. The van der Waals surface area contributed by atoms with Gasteiger partial charge in [-0.1, -0.05) is 31.2 Å². The molecule has 9 heteroatoms. The number of ether oxygens (including phenoxy) is 1. The van der Waals surface area contributed by atoms with Gasteiger partial charge in [0.05, 0.1) is 12.2 Å². The molecule has 36 heavy (non-hydrogen) atoms. The molecule has 2 aromatic carbocycles. The fraction of sp³-hybridized carbons (Fsp3) is 0.333. The number of hydrogen-bond donors (Lipinski definition) is 0. The lowest BCUT2D eigenvalue weighted by Gasteiger charge is -2.39. The average Bonchev–Trinajstić information content (AvgIpc) is 3.01. The smallest absolute Gasteiger partial charge is 0.308 e. The van der Waals surface area contributed by atoms with Gasteiger partial charge in [-0.25, -0.2) is 8.78 Å². The molecule has 0 radical (unpaired) electrons. The molecule has 3 aromatic rings. The number of nitrogens with zero attached hydrogens (tertiary/aromatic N) is 3. The van der Waals surface area contributed by atoms with Crippen LogP contribution in [0, 0.1) is 11.6 Å². The van der Waals surface area contributed by atoms with Gasteiger partial charge < -0.3 is 9.64 Å². The summed E-state index contributed by atoms with van der Waals surface area (Å²) in [5.41, 5.74) is 1.49. The Balaban J connectivity index is 1.81. The van der Waals surface area contributed by atoms with E-state index >= 15 is 8.78 Å². The minimum absolute atomic E-state index is 0.137. The standard InChI is InChI=1S/C27H25F2N3O4/c1-3-12-31-14-22(32-25(27(31)35)26(36-15(2)33)23(34)13-30-32)24-18-6-4-8-20(28)16(18)10-11-17-19(24)7-5-9-21(17)29/h4-9,13,22,24H,3,10-12,14H2,1-2H3. The third kappa shape index (κ3) is 3.88. The minimum Gasteiger partial charge on any atom is -0.420 e. The zero-order valence-corrected chi connectivity index (χ0v) is 20.0. The van der Waals surface area contributed by atoms with Crippen molar-refractivity contribution in [3.63, 3.8) is 0 Å². The van der Waals surface area contributed by atoms with E-state index in [0.29, 0.717) is 48.1 Å². The van der Waals surface area contributed by atoms with E-state index in [1.165, 1.54) is 16.8 Å². The van der Waals surface area contributed by atoms with Gasteiger partial charge in [0.1, 0.15) is 11.6 Å². The Morgan fingerprint density at radius 1 is 1.06 bits per heavy atom. The third-order valence-electron chi connectivity index (χ3n) is 6.91. The second kappa shape index (κ2) is 9.29. The van der Waals surface area contributed by atoms with E-state index < -0.39 is 29.3 Å². The molecule has 1 amide bonds. The van der Waals surface area contributed by atoms with E-state index in [1.807, 2.05) is 19.1 Å². The lowest BCUT2D eigenvalue weighted by Crippen LogP contribution is -2.47. The van der Waals surface area contributed by atoms with Crippen LogP contribution < -0.4 is 10.2 Å². The van der Waals surface area contributed by atoms with Crippen LogP contribution in [-0.2, 0) is 17.6 Å². The van der Waals surface area contributed by atoms with Crippen molar-refractivity contribution in [2.75, 3.05) is 13.1 Å². The van der Waals surface area contributed by atoms with Crippen molar-refractivity contribution in [3.8, 4) is 5.75 Å². The van der Waals surface area contributed by atoms with Crippen LogP contribution in [0.4, 0.5) is 8.78 Å². The summed E-state index contributed by atoms with van der Waals surface area (Å²) in [6, 6.07) is 9.03. The predicted octanol–water partition coefficient (Wildman–Crippen LogP) is 3.78. The van der Waals surface area contributed by atoms with Crippen molar-refractivity contribution in [2.24, 2.45) is 0 Å². The maximum Gasteiger partial charge on any atom is 0.308 e. The number of halogens is 2. The molecular formula is C27H25F2N3O4. The first kappa shape index (κ1) is 23.8. The van der Waals surface area contributed by atoms with E-state index in [2.05, 4.69) is 5.10 Å². The van der Waals surface area contributed by atoms with Gasteiger partial charge in [0.2, 0.25) is 11.2 Å². The Labute approximate surface area is 206 Å². The first-order valence-electron chi connectivity index (χ1n) is 12.0. The van der Waals surface area contributed by atoms with Crippen LogP contribution in [0.2, 0.25) is 0 Å². The highest BCUT2D eigenvalue weighted by molar-refractivity contribution is 5.96. The van der Waals surface area contributed by atoms with Crippen LogP contribution >= 0.6 is 0 Å². The zero-order valence-electron chi connectivity index (χ0n) is 20.0. The van der Waals surface area contributed by atoms with Gasteiger partial charge in [-0.3, -0.25) is 19.1 Å². The van der Waals surface area contributed by atoms with Crippen molar-refractivity contribution in [3.05, 3.63) is 92.4 Å². The van der Waals surface area contributed by atoms with E-state index in [9.17, 15) is 14.4 Å². The van der Waals surface area contributed by atoms with E-state index in [1.54, 1.807) is 17.0 Å². The van der Waals surface area contributed by atoms with Crippen molar-refractivity contribution in [2.45, 2.75) is 45.1 Å². The van der Waals surface area contributed by atoms with Crippen LogP contribution in [0.3, 0.4) is 0 Å². The van der Waals surface area contributed by atoms with Gasteiger partial charge in [-0.2, -0.15) is 5.10 Å². The summed E-state index contributed by atoms with van der Waals surface area (Å²) in [4.78, 5) is 39.5. The Hall–Kier alpha value is -3.88. The number of aromatic nitrogens is 2. The van der Waals surface area contributed by atoms with Crippen LogP contribution in [0.15, 0.2) is 47.4 Å². The molecular weight excluding hydrogens is 468 g/mol. The minimum atomic E-state index is -0.743. The predicted molar refractivity (Wildman–Crippen MR) is 127 cm³/mol. The SMILES string of the molecule is CCCN1CC(C2c3cccc(F)c3CCc3c(F)cccc32)n2ncc(=O)c(OC(C)=O)c2C1=O. The summed E-state index contributed by atoms with van der Waals surface area (Å²) in [5.74, 6) is -2.95. The molecule has 0 N–H and O–H groups in total. The third-order valence-corrected chi connectivity index (χ3v) is 6.91. The summed E-state index contributed by atoms with van der Waals surface area (Å²) in [5, 5.41) is 4.29. The second-order valence-electron chi connectivity index (χ2n) is 9.14. The van der Waals surface area contributed by atoms with Crippen molar-refractivity contribution in [1.82, 2.24) is 14.7 Å². The summed E-state index contributed by atoms with van der Waals surface area (Å²) in [6.07, 6.45) is 2.29. The number of carbonyl (C=O) groups excluding carboxylic acids is 2. The summed E-state index contributed by atoms with van der Waals surface area (Å²) in [6.45, 7) is 3.65. The molecule has 0 saturated heterocycles. The Morgan fingerprint density at radius 3 is 2.22 bits per heavy atom. The van der Waals surface area contributed by atoms with E-state index in [-0.39, 0.29) is 29.6 Å². The van der Waals surface area contributed by atoms with Gasteiger partial charge in [-0.05, 0) is 53.6 Å². The highest BCUT2D eigenvalue weighted by atomic mass is 19.1. The molecule has 1 atom stereocenters. The molecule has 0 saturated carbocycles. The molecule has 0 spiro atoms. The van der Waals surface area contributed by atoms with Crippen LogP contribution in [0.25, 0.3) is 0 Å². The topological polar surface area (TPSA) is 81.5 Å². The largest absolute Gasteiger partial charge is 0.420 e. The number of fused-ring (bicyclic) bond motifs is 3. The Morgan fingerprint density at radius 2 is 1.67 bits per heavy atom.